The van der Waals surface area contributed by atoms with Crippen molar-refractivity contribution in [2.45, 2.75) is 147 Å². The van der Waals surface area contributed by atoms with E-state index in [4.69, 9.17) is 9.47 Å². The smallest absolute Gasteiger partial charge is 0.321 e. The molecule has 2 aromatic rings. The van der Waals surface area contributed by atoms with E-state index in [1.807, 2.05) is 39.8 Å². The Hall–Kier alpha value is -4.14. The lowest BCUT2D eigenvalue weighted by Crippen LogP contribution is -2.25. The number of hydrogen-bond donors (Lipinski definition) is 3. The molecule has 314 valence electrons. The molecule has 4 rings (SSSR count). The molecule has 9 heteroatoms. The number of ketones is 2. The normalized spacial score (nSPS) is 21.3. The minimum atomic E-state index is -1.12. The first kappa shape index (κ1) is 45.6. The third-order valence-electron chi connectivity index (χ3n) is 12.6. The van der Waals surface area contributed by atoms with Crippen molar-refractivity contribution in [3.8, 4) is 0 Å². The van der Waals surface area contributed by atoms with Crippen LogP contribution in [0.15, 0.2) is 23.0 Å². The van der Waals surface area contributed by atoms with Gasteiger partial charge in [-0.3, -0.25) is 19.2 Å². The minimum Gasteiger partial charge on any atom is -0.468 e. The van der Waals surface area contributed by atoms with Gasteiger partial charge in [0.05, 0.1) is 12.8 Å². The third kappa shape index (κ3) is 11.3. The van der Waals surface area contributed by atoms with E-state index in [0.717, 1.165) is 70.2 Å². The lowest BCUT2D eigenvalue weighted by Gasteiger charge is -2.19. The highest BCUT2D eigenvalue weighted by atomic mass is 16.5. The second-order valence-corrected chi connectivity index (χ2v) is 17.7. The average molecular weight is 786 g/mol. The molecule has 0 aromatic carbocycles. The molecular formula is C48H71N3O6. The second-order valence-electron chi connectivity index (χ2n) is 17.7. The van der Waals surface area contributed by atoms with E-state index >= 15 is 0 Å². The fourth-order valence-corrected chi connectivity index (χ4v) is 8.97. The lowest BCUT2D eigenvalue weighted by molar-refractivity contribution is -0.143. The molecule has 1 aliphatic heterocycles. The van der Waals surface area contributed by atoms with Crippen molar-refractivity contribution in [2.75, 3.05) is 13.7 Å². The Bertz CT molecular complexity index is 1870. The summed E-state index contributed by atoms with van der Waals surface area (Å²) < 4.78 is 10.9. The van der Waals surface area contributed by atoms with Crippen LogP contribution in [0.5, 0.6) is 0 Å². The van der Waals surface area contributed by atoms with Gasteiger partial charge in [0.25, 0.3) is 0 Å². The predicted molar refractivity (Wildman–Crippen MR) is 230 cm³/mol. The van der Waals surface area contributed by atoms with Gasteiger partial charge in [-0.1, -0.05) is 85.1 Å². The standard InChI is InChI=1S/C48H71N3O6/c1-27(2)16-13-17-28(3)18-14-19-29(4)20-15-21-30(5)24-25-57-40(53)23-22-37-32(7)38(26-39-33(8)41(36(11)52)35(10)49-39)51-45(37)43-44(48(55)56-12)47(54)42-31(6)34(9)50-46(42)43/h24,26-29,32,37,44,49-51H,13-23,25H2,1-12H3/b30-24+,38-26-,45-43-/t28-,29-,32+,37+,44-/m1/s1. The number of hydrogen-bond acceptors (Lipinski definition) is 7. The first-order valence-electron chi connectivity index (χ1n) is 21.5. The van der Waals surface area contributed by atoms with Gasteiger partial charge in [0.1, 0.15) is 12.5 Å². The maximum Gasteiger partial charge on any atom is 0.321 e. The molecule has 0 radical (unpaired) electrons. The number of ether oxygens (including phenoxy) is 2. The van der Waals surface area contributed by atoms with Crippen molar-refractivity contribution in [2.24, 2.45) is 35.5 Å². The summed E-state index contributed by atoms with van der Waals surface area (Å²) in [5, 5.41) is 3.60. The van der Waals surface area contributed by atoms with E-state index in [-0.39, 0.29) is 42.4 Å². The molecule has 1 fully saturated rings. The van der Waals surface area contributed by atoms with Crippen LogP contribution in [0.25, 0.3) is 11.6 Å². The molecule has 3 N–H and O–H groups in total. The van der Waals surface area contributed by atoms with Crippen LogP contribution in [0.3, 0.4) is 0 Å². The summed E-state index contributed by atoms with van der Waals surface area (Å²) in [5.74, 6) is -0.334. The number of carbonyl (C=O) groups is 4. The van der Waals surface area contributed by atoms with Gasteiger partial charge < -0.3 is 24.8 Å². The van der Waals surface area contributed by atoms with Crippen molar-refractivity contribution in [3.63, 3.8) is 0 Å². The molecule has 0 saturated carbocycles. The van der Waals surface area contributed by atoms with Crippen molar-refractivity contribution in [1.29, 1.82) is 0 Å². The summed E-state index contributed by atoms with van der Waals surface area (Å²) in [7, 11) is 1.30. The van der Waals surface area contributed by atoms with Gasteiger partial charge in [-0.15, -0.1) is 0 Å². The quantitative estimate of drug-likeness (QED) is 0.0527. The molecule has 5 atom stereocenters. The molecule has 1 saturated heterocycles. The third-order valence-corrected chi connectivity index (χ3v) is 12.6. The number of fused-ring (bicyclic) bond motifs is 1. The first-order valence-corrected chi connectivity index (χ1v) is 21.5. The maximum atomic E-state index is 13.8. The van der Waals surface area contributed by atoms with Crippen LogP contribution < -0.4 is 5.32 Å². The van der Waals surface area contributed by atoms with Crippen LogP contribution in [0.1, 0.15) is 174 Å². The molecule has 0 unspecified atom stereocenters. The topological polar surface area (TPSA) is 130 Å². The highest BCUT2D eigenvalue weighted by molar-refractivity contribution is 6.24. The van der Waals surface area contributed by atoms with Gasteiger partial charge in [0, 0.05) is 63.4 Å². The molecule has 0 bridgehead atoms. The largest absolute Gasteiger partial charge is 0.468 e. The number of esters is 2. The van der Waals surface area contributed by atoms with Crippen LogP contribution in [0, 0.1) is 63.2 Å². The number of allylic oxidation sites excluding steroid dienone is 3. The molecule has 57 heavy (non-hydrogen) atoms. The molecule has 3 heterocycles. The number of Topliss-reactive ketones (excluding diaryl/α,β-unsaturated/α-hetero) is 2. The van der Waals surface area contributed by atoms with E-state index in [1.165, 1.54) is 57.6 Å². The molecule has 2 aromatic heterocycles. The zero-order valence-corrected chi connectivity index (χ0v) is 37.1. The van der Waals surface area contributed by atoms with Crippen molar-refractivity contribution >= 4 is 35.2 Å². The fraction of sp³-hybridized carbons (Fsp3) is 0.625. The monoisotopic (exact) mass is 786 g/mol. The highest BCUT2D eigenvalue weighted by Gasteiger charge is 2.48. The molecule has 2 aliphatic rings. The molecule has 9 nitrogen and oxygen atoms in total. The van der Waals surface area contributed by atoms with Crippen LogP contribution in [-0.2, 0) is 19.1 Å². The zero-order valence-electron chi connectivity index (χ0n) is 37.1. The van der Waals surface area contributed by atoms with Crippen molar-refractivity contribution < 1.29 is 28.7 Å². The Morgan fingerprint density at radius 1 is 0.825 bits per heavy atom. The van der Waals surface area contributed by atoms with E-state index in [2.05, 4.69) is 56.8 Å². The van der Waals surface area contributed by atoms with Gasteiger partial charge in [-0.2, -0.15) is 0 Å². The predicted octanol–water partition coefficient (Wildman–Crippen LogP) is 11.1. The summed E-state index contributed by atoms with van der Waals surface area (Å²) in [6.45, 7) is 23.0. The van der Waals surface area contributed by atoms with Gasteiger partial charge in [0.2, 0.25) is 0 Å². The number of H-pyrrole nitrogens is 2. The molecular weight excluding hydrogens is 715 g/mol. The highest BCUT2D eigenvalue weighted by Crippen LogP contribution is 2.48. The maximum absolute atomic E-state index is 13.8. The number of methoxy groups -OCH3 is 1. The van der Waals surface area contributed by atoms with E-state index in [1.54, 1.807) is 6.92 Å². The number of rotatable bonds is 20. The molecule has 0 spiro atoms. The van der Waals surface area contributed by atoms with Gasteiger partial charge in [-0.05, 0) is 102 Å². The van der Waals surface area contributed by atoms with Gasteiger partial charge >= 0.3 is 11.9 Å². The van der Waals surface area contributed by atoms with Crippen molar-refractivity contribution in [1.82, 2.24) is 15.3 Å². The SMILES string of the molecule is COC(=O)[C@H]1C(=O)c2c([nH]c(C)c2C)/C1=C1\N/C(=C\c2[nH]c(C)c(C(C)=O)c2C)[C@@H](C)[C@@H]1CCC(=O)OC/C=C(\C)CCC[C@H](C)CCC[C@H](C)CCCC(C)C. The molecule has 0 amide bonds. The van der Waals surface area contributed by atoms with Crippen LogP contribution in [0.2, 0.25) is 0 Å². The molecule has 1 aliphatic carbocycles. The van der Waals surface area contributed by atoms with Crippen LogP contribution >= 0.6 is 0 Å². The van der Waals surface area contributed by atoms with Gasteiger partial charge in [0.15, 0.2) is 11.6 Å². The minimum absolute atomic E-state index is 0.00819. The number of aryl methyl sites for hydroxylation is 2. The second kappa shape index (κ2) is 20.5. The summed E-state index contributed by atoms with van der Waals surface area (Å²) in [4.78, 5) is 59.5. The zero-order chi connectivity index (χ0) is 42.1. The summed E-state index contributed by atoms with van der Waals surface area (Å²) in [6, 6.07) is 0. The van der Waals surface area contributed by atoms with Crippen LogP contribution in [-0.4, -0.2) is 47.2 Å². The Kier molecular flexibility index (Phi) is 16.4. The Morgan fingerprint density at radius 2 is 1.46 bits per heavy atom. The van der Waals surface area contributed by atoms with E-state index in [0.29, 0.717) is 28.8 Å². The van der Waals surface area contributed by atoms with E-state index < -0.39 is 11.9 Å². The van der Waals surface area contributed by atoms with Gasteiger partial charge in [-0.25, -0.2) is 0 Å². The Morgan fingerprint density at radius 3 is 2.05 bits per heavy atom. The number of aromatic nitrogens is 2. The Labute approximate surface area is 342 Å². The first-order chi connectivity index (χ1) is 27.0. The summed E-state index contributed by atoms with van der Waals surface area (Å²) in [6.07, 6.45) is 15.9. The number of aromatic amines is 2. The summed E-state index contributed by atoms with van der Waals surface area (Å²) in [5.41, 5.74) is 9.31. The summed E-state index contributed by atoms with van der Waals surface area (Å²) >= 11 is 0. The van der Waals surface area contributed by atoms with Crippen molar-refractivity contribution in [3.05, 3.63) is 68.1 Å². The number of carbonyl (C=O) groups excluding carboxylic acids is 4. The van der Waals surface area contributed by atoms with Crippen LogP contribution in [0.4, 0.5) is 0 Å². The Balaban J connectivity index is 1.42. The fourth-order valence-electron chi connectivity index (χ4n) is 8.97. The average Bonchev–Trinajstić information content (AvgIpc) is 3.80. The lowest BCUT2D eigenvalue weighted by atomic mass is 9.85. The number of nitrogens with one attached hydrogen (secondary N) is 3. The van der Waals surface area contributed by atoms with E-state index in [9.17, 15) is 19.2 Å².